The van der Waals surface area contributed by atoms with Crippen LogP contribution in [0.1, 0.15) is 47.3 Å². The van der Waals surface area contributed by atoms with Crippen LogP contribution in [0.5, 0.6) is 0 Å². The normalized spacial score (nSPS) is 16.7. The number of fused-ring (bicyclic) bond motifs is 1. The first-order chi connectivity index (χ1) is 16.2. The lowest BCUT2D eigenvalue weighted by Gasteiger charge is -2.37. The number of nitrogens with zero attached hydrogens (tertiary/aromatic N) is 4. The maximum Gasteiger partial charge on any atom is 0.261 e. The van der Waals surface area contributed by atoms with Crippen LogP contribution in [-0.2, 0) is 0 Å². The molecular weight excluding hydrogens is 430 g/mol. The number of anilines is 2. The van der Waals surface area contributed by atoms with E-state index < -0.39 is 0 Å². The minimum absolute atomic E-state index is 0.00626. The average Bonchev–Trinajstić information content (AvgIpc) is 3.22. The maximum absolute atomic E-state index is 13.0. The van der Waals surface area contributed by atoms with Crippen molar-refractivity contribution in [3.05, 3.63) is 58.7 Å². The maximum atomic E-state index is 13.0. The number of hydrogen-bond donors (Lipinski definition) is 1. The van der Waals surface area contributed by atoms with E-state index in [2.05, 4.69) is 61.5 Å². The van der Waals surface area contributed by atoms with Gasteiger partial charge in [-0.3, -0.25) is 4.79 Å². The molecule has 0 saturated carbocycles. The van der Waals surface area contributed by atoms with E-state index in [9.17, 15) is 4.79 Å². The van der Waals surface area contributed by atoms with Crippen molar-refractivity contribution >= 4 is 39.0 Å². The fraction of sp³-hybridized carbons (Fsp3) is 0.423. The lowest BCUT2D eigenvalue weighted by atomic mass is 9.97. The van der Waals surface area contributed by atoms with Gasteiger partial charge in [0.2, 0.25) is 0 Å². The molecule has 5 rings (SSSR count). The van der Waals surface area contributed by atoms with Gasteiger partial charge >= 0.3 is 0 Å². The number of aromatic nitrogens is 2. The van der Waals surface area contributed by atoms with Gasteiger partial charge in [-0.05, 0) is 56.7 Å². The van der Waals surface area contributed by atoms with E-state index in [-0.39, 0.29) is 5.91 Å². The number of allylic oxidation sites excluding steroid dienone is 1. The fourth-order valence-electron chi connectivity index (χ4n) is 4.87. The van der Waals surface area contributed by atoms with E-state index in [1.165, 1.54) is 48.3 Å². The molecule has 1 fully saturated rings. The summed E-state index contributed by atoms with van der Waals surface area (Å²) in [6, 6.07) is 10.6. The Bertz CT molecular complexity index is 1150. The van der Waals surface area contributed by atoms with E-state index in [0.29, 0.717) is 6.54 Å². The average molecular weight is 462 g/mol. The largest absolute Gasteiger partial charge is 0.368 e. The van der Waals surface area contributed by atoms with Crippen molar-refractivity contribution in [2.75, 3.05) is 42.5 Å². The number of thiophene rings is 1. The molecule has 0 bridgehead atoms. The molecule has 1 amide bonds. The summed E-state index contributed by atoms with van der Waals surface area (Å²) in [4.78, 5) is 28.5. The lowest BCUT2D eigenvalue weighted by molar-refractivity contribution is 0.0957. The van der Waals surface area contributed by atoms with Gasteiger partial charge < -0.3 is 15.1 Å². The van der Waals surface area contributed by atoms with Crippen LogP contribution >= 0.6 is 11.3 Å². The topological polar surface area (TPSA) is 61.4 Å². The molecule has 1 saturated heterocycles. The number of piperazine rings is 1. The minimum Gasteiger partial charge on any atom is -0.368 e. The van der Waals surface area contributed by atoms with Gasteiger partial charge in [-0.2, -0.15) is 0 Å². The summed E-state index contributed by atoms with van der Waals surface area (Å²) in [6.45, 7) is 6.41. The van der Waals surface area contributed by atoms with Crippen LogP contribution < -0.4 is 15.1 Å². The van der Waals surface area contributed by atoms with Crippen molar-refractivity contribution in [3.8, 4) is 0 Å². The Hall–Kier alpha value is -2.93. The number of rotatable bonds is 6. The van der Waals surface area contributed by atoms with E-state index in [0.717, 1.165) is 59.1 Å². The zero-order valence-corrected chi connectivity index (χ0v) is 20.0. The predicted octanol–water partition coefficient (Wildman–Crippen LogP) is 4.95. The number of carbonyl (C=O) groups is 1. The second kappa shape index (κ2) is 9.91. The molecule has 1 N–H and O–H groups in total. The molecule has 7 heteroatoms. The van der Waals surface area contributed by atoms with Crippen molar-refractivity contribution in [2.45, 2.75) is 39.0 Å². The van der Waals surface area contributed by atoms with Gasteiger partial charge in [0.05, 0.1) is 10.3 Å². The van der Waals surface area contributed by atoms with Crippen LogP contribution in [0.4, 0.5) is 11.5 Å². The molecule has 1 aromatic carbocycles. The zero-order valence-electron chi connectivity index (χ0n) is 19.2. The van der Waals surface area contributed by atoms with E-state index in [4.69, 9.17) is 0 Å². The molecule has 172 valence electrons. The van der Waals surface area contributed by atoms with Gasteiger partial charge in [-0.1, -0.05) is 29.8 Å². The summed E-state index contributed by atoms with van der Waals surface area (Å²) in [5.41, 5.74) is 3.74. The lowest BCUT2D eigenvalue weighted by Crippen LogP contribution is -2.46. The summed E-state index contributed by atoms with van der Waals surface area (Å²) in [5.74, 6) is 0.958. The second-order valence-electron chi connectivity index (χ2n) is 8.86. The first kappa shape index (κ1) is 21.9. The number of hydrogen-bond acceptors (Lipinski definition) is 6. The number of benzene rings is 1. The van der Waals surface area contributed by atoms with Gasteiger partial charge in [0.1, 0.15) is 17.0 Å². The van der Waals surface area contributed by atoms with Crippen LogP contribution in [0.3, 0.4) is 0 Å². The highest BCUT2D eigenvalue weighted by atomic mass is 32.1. The molecule has 2 aromatic heterocycles. The number of aryl methyl sites for hydroxylation is 1. The quantitative estimate of drug-likeness (QED) is 0.527. The first-order valence-corrected chi connectivity index (χ1v) is 12.8. The highest BCUT2D eigenvalue weighted by Crippen LogP contribution is 2.35. The Morgan fingerprint density at radius 1 is 1.06 bits per heavy atom. The molecule has 0 radical (unpaired) electrons. The number of para-hydroxylation sites is 1. The summed E-state index contributed by atoms with van der Waals surface area (Å²) >= 11 is 1.48. The molecule has 33 heavy (non-hydrogen) atoms. The van der Waals surface area contributed by atoms with E-state index in [1.807, 2.05) is 6.92 Å². The molecule has 1 aliphatic carbocycles. The molecule has 0 unspecified atom stereocenters. The van der Waals surface area contributed by atoms with Crippen LogP contribution in [0.15, 0.2) is 48.3 Å². The van der Waals surface area contributed by atoms with Gasteiger partial charge in [-0.15, -0.1) is 11.3 Å². The van der Waals surface area contributed by atoms with Crippen LogP contribution in [0.2, 0.25) is 0 Å². The smallest absolute Gasteiger partial charge is 0.261 e. The zero-order chi connectivity index (χ0) is 22.6. The number of nitrogens with one attached hydrogen (secondary N) is 1. The number of carbonyl (C=O) groups excluding carboxylic acids is 1. The fourth-order valence-corrected chi connectivity index (χ4v) is 5.93. The number of amides is 1. The third kappa shape index (κ3) is 4.74. The van der Waals surface area contributed by atoms with Gasteiger partial charge in [0, 0.05) is 38.4 Å². The van der Waals surface area contributed by atoms with Crippen molar-refractivity contribution in [1.29, 1.82) is 0 Å². The molecule has 0 spiro atoms. The Labute approximate surface area is 199 Å². The monoisotopic (exact) mass is 461 g/mol. The Morgan fingerprint density at radius 3 is 2.61 bits per heavy atom. The highest BCUT2D eigenvalue weighted by molar-refractivity contribution is 7.20. The van der Waals surface area contributed by atoms with Crippen molar-refractivity contribution < 1.29 is 4.79 Å². The molecule has 2 aliphatic rings. The molecule has 0 atom stereocenters. The SMILES string of the molecule is Cc1c(C(=O)NCCC2=CCCCC2)sc2ncnc(N3CCN(c4ccccc4)CC3)c12. The molecule has 6 nitrogen and oxygen atoms in total. The summed E-state index contributed by atoms with van der Waals surface area (Å²) in [6.07, 6.45) is 9.85. The van der Waals surface area contributed by atoms with Crippen molar-refractivity contribution in [1.82, 2.24) is 15.3 Å². The summed E-state index contributed by atoms with van der Waals surface area (Å²) in [7, 11) is 0. The van der Waals surface area contributed by atoms with Crippen LogP contribution in [-0.4, -0.2) is 48.6 Å². The standard InChI is InChI=1S/C26H31N5OS/c1-19-22-24(31-16-14-30(15-17-31)21-10-6-3-7-11-21)28-18-29-26(22)33-23(19)25(32)27-13-12-20-8-4-2-5-9-20/h3,6-8,10-11,18H,2,4-5,9,12-17H2,1H3,(H,27,32). The Balaban J connectivity index is 1.29. The molecule has 3 heterocycles. The van der Waals surface area contributed by atoms with E-state index >= 15 is 0 Å². The van der Waals surface area contributed by atoms with Gasteiger partial charge in [0.15, 0.2) is 0 Å². The summed E-state index contributed by atoms with van der Waals surface area (Å²) < 4.78 is 0. The Morgan fingerprint density at radius 2 is 1.85 bits per heavy atom. The van der Waals surface area contributed by atoms with Crippen LogP contribution in [0.25, 0.3) is 10.2 Å². The van der Waals surface area contributed by atoms with E-state index in [1.54, 1.807) is 6.33 Å². The summed E-state index contributed by atoms with van der Waals surface area (Å²) in [5, 5.41) is 4.16. The molecule has 1 aliphatic heterocycles. The Kier molecular flexibility index (Phi) is 6.58. The van der Waals surface area contributed by atoms with Crippen molar-refractivity contribution in [3.63, 3.8) is 0 Å². The molecular formula is C26H31N5OS. The third-order valence-electron chi connectivity index (χ3n) is 6.73. The second-order valence-corrected chi connectivity index (χ2v) is 9.86. The predicted molar refractivity (Wildman–Crippen MR) is 137 cm³/mol. The van der Waals surface area contributed by atoms with Crippen LogP contribution in [0, 0.1) is 6.92 Å². The van der Waals surface area contributed by atoms with Gasteiger partial charge in [-0.25, -0.2) is 9.97 Å². The first-order valence-electron chi connectivity index (χ1n) is 12.0. The minimum atomic E-state index is 0.00626. The molecule has 3 aromatic rings. The third-order valence-corrected chi connectivity index (χ3v) is 7.93. The highest BCUT2D eigenvalue weighted by Gasteiger charge is 2.24. The van der Waals surface area contributed by atoms with Crippen molar-refractivity contribution in [2.24, 2.45) is 0 Å². The van der Waals surface area contributed by atoms with Gasteiger partial charge in [0.25, 0.3) is 5.91 Å².